The first-order valence-electron chi connectivity index (χ1n) is 13.2. The van der Waals surface area contributed by atoms with Gasteiger partial charge in [0.15, 0.2) is 0 Å². The Balaban J connectivity index is 1.43. The summed E-state index contributed by atoms with van der Waals surface area (Å²) in [6, 6.07) is -0.355. The summed E-state index contributed by atoms with van der Waals surface area (Å²) >= 11 is 6.27. The van der Waals surface area contributed by atoms with Crippen molar-refractivity contribution < 1.29 is 22.3 Å². The molecule has 4 atom stereocenters. The van der Waals surface area contributed by atoms with Gasteiger partial charge in [-0.2, -0.15) is 4.31 Å². The van der Waals surface area contributed by atoms with Gasteiger partial charge in [0.1, 0.15) is 6.17 Å². The molecule has 1 heterocycles. The highest BCUT2D eigenvalue weighted by Crippen LogP contribution is 2.41. The first-order chi connectivity index (χ1) is 16.0. The number of rotatable bonds is 5. The van der Waals surface area contributed by atoms with E-state index in [4.69, 9.17) is 16.3 Å². The Labute approximate surface area is 209 Å². The van der Waals surface area contributed by atoms with Crippen molar-refractivity contribution in [3.8, 4) is 0 Å². The topological polar surface area (TPSA) is 75.7 Å². The predicted octanol–water partition coefficient (Wildman–Crippen LogP) is 4.55. The van der Waals surface area contributed by atoms with E-state index in [1.165, 1.54) is 0 Å². The number of nitrogens with one attached hydrogen (secondary N) is 1. The minimum absolute atomic E-state index is 0.0507. The number of nitrogens with zero attached hydrogens (tertiary/aromatic N) is 1. The van der Waals surface area contributed by atoms with Gasteiger partial charge in [-0.15, -0.1) is 11.6 Å². The molecule has 1 saturated heterocycles. The van der Waals surface area contributed by atoms with Gasteiger partial charge in [0.2, 0.25) is 15.9 Å². The number of amides is 1. The average Bonchev–Trinajstić information content (AvgIpc) is 2.79. The van der Waals surface area contributed by atoms with Crippen molar-refractivity contribution in [2.75, 3.05) is 6.54 Å². The lowest BCUT2D eigenvalue weighted by Gasteiger charge is -2.48. The number of halogens is 2. The third-order valence-corrected chi connectivity index (χ3v) is 11.7. The van der Waals surface area contributed by atoms with Crippen LogP contribution in [0.15, 0.2) is 0 Å². The summed E-state index contributed by atoms with van der Waals surface area (Å²) in [4.78, 5) is 13.3. The van der Waals surface area contributed by atoms with E-state index in [1.54, 1.807) is 4.31 Å². The first-order valence-corrected chi connectivity index (χ1v) is 15.2. The van der Waals surface area contributed by atoms with E-state index in [9.17, 15) is 17.6 Å². The molecule has 0 aromatic heterocycles. The minimum atomic E-state index is -3.55. The van der Waals surface area contributed by atoms with E-state index in [0.29, 0.717) is 44.6 Å². The summed E-state index contributed by atoms with van der Waals surface area (Å²) in [5.41, 5.74) is -0.484. The lowest BCUT2D eigenvalue weighted by Crippen LogP contribution is -2.62. The van der Waals surface area contributed by atoms with Crippen molar-refractivity contribution in [3.63, 3.8) is 0 Å². The standard InChI is InChI=1S/C25H42ClFN2O4S/c1-16-15-29(34(31,32)21-11-8-19(27)9-12-21)22-14-20(10-13-23(22)33-16)28-24(30)25(2,3)17-4-6-18(26)7-5-17/h16-23H,4-15H2,1-3H3,(H,28,30)/t16-,17?,18?,19?,20?,21?,22?,23?/m0/s1. The number of alkyl halides is 2. The summed E-state index contributed by atoms with van der Waals surface area (Å²) in [6.07, 6.45) is 6.06. The lowest BCUT2D eigenvalue weighted by atomic mass is 9.70. The Morgan fingerprint density at radius 3 is 2.32 bits per heavy atom. The fourth-order valence-corrected chi connectivity index (χ4v) is 9.10. The van der Waals surface area contributed by atoms with E-state index in [-0.39, 0.29) is 35.6 Å². The third kappa shape index (κ3) is 5.60. The molecule has 34 heavy (non-hydrogen) atoms. The normalized spacial score (nSPS) is 40.4. The maximum atomic E-state index is 13.7. The molecule has 0 spiro atoms. The number of hydrogen-bond donors (Lipinski definition) is 1. The number of ether oxygens (including phenoxy) is 1. The van der Waals surface area contributed by atoms with Crippen LogP contribution < -0.4 is 5.32 Å². The van der Waals surface area contributed by atoms with E-state index in [2.05, 4.69) is 5.32 Å². The summed E-state index contributed by atoms with van der Waals surface area (Å²) in [6.45, 7) is 6.29. The molecule has 3 unspecified atom stereocenters. The van der Waals surface area contributed by atoms with Crippen LogP contribution in [0.2, 0.25) is 0 Å². The van der Waals surface area contributed by atoms with Gasteiger partial charge in [0, 0.05) is 23.4 Å². The van der Waals surface area contributed by atoms with Crippen LogP contribution in [0.25, 0.3) is 0 Å². The predicted molar refractivity (Wildman–Crippen MR) is 132 cm³/mol. The van der Waals surface area contributed by atoms with Gasteiger partial charge in [0.25, 0.3) is 0 Å². The van der Waals surface area contributed by atoms with Crippen LogP contribution in [0.1, 0.15) is 91.4 Å². The highest BCUT2D eigenvalue weighted by atomic mass is 35.5. The molecule has 0 bridgehead atoms. The van der Waals surface area contributed by atoms with E-state index in [1.807, 2.05) is 20.8 Å². The lowest BCUT2D eigenvalue weighted by molar-refractivity contribution is -0.136. The molecule has 1 aliphatic heterocycles. The van der Waals surface area contributed by atoms with Crippen LogP contribution in [0.4, 0.5) is 4.39 Å². The number of carbonyl (C=O) groups excluding carboxylic acids is 1. The second-order valence-electron chi connectivity index (χ2n) is 11.7. The molecule has 4 rings (SSSR count). The zero-order chi connectivity index (χ0) is 24.7. The molecule has 6 nitrogen and oxygen atoms in total. The molecular weight excluding hydrogens is 479 g/mol. The summed E-state index contributed by atoms with van der Waals surface area (Å²) in [5.74, 6) is 0.356. The van der Waals surface area contributed by atoms with Crippen LogP contribution in [0, 0.1) is 11.3 Å². The molecule has 0 radical (unpaired) electrons. The second kappa shape index (κ2) is 10.5. The average molecular weight is 521 g/mol. The number of carbonyl (C=O) groups is 1. The van der Waals surface area contributed by atoms with Crippen molar-refractivity contribution >= 4 is 27.5 Å². The Kier molecular flexibility index (Phi) is 8.22. The van der Waals surface area contributed by atoms with Crippen LogP contribution in [-0.2, 0) is 19.6 Å². The van der Waals surface area contributed by atoms with Crippen molar-refractivity contribution in [2.24, 2.45) is 11.3 Å². The zero-order valence-electron chi connectivity index (χ0n) is 20.8. The monoisotopic (exact) mass is 520 g/mol. The summed E-state index contributed by atoms with van der Waals surface area (Å²) < 4.78 is 48.7. The Hall–Kier alpha value is -0.440. The van der Waals surface area contributed by atoms with Gasteiger partial charge < -0.3 is 10.1 Å². The highest BCUT2D eigenvalue weighted by molar-refractivity contribution is 7.89. The van der Waals surface area contributed by atoms with Crippen LogP contribution in [0.5, 0.6) is 0 Å². The SMILES string of the molecule is C[C@H]1CN(S(=O)(=O)C2CCC(F)CC2)C2CC(NC(=O)C(C)(C)C3CCC(Cl)CC3)CCC2O1. The van der Waals surface area contributed by atoms with Gasteiger partial charge >= 0.3 is 0 Å². The zero-order valence-corrected chi connectivity index (χ0v) is 22.4. The molecule has 196 valence electrons. The molecule has 4 aliphatic rings. The van der Waals surface area contributed by atoms with Gasteiger partial charge in [-0.05, 0) is 83.5 Å². The van der Waals surface area contributed by atoms with Gasteiger partial charge in [-0.3, -0.25) is 4.79 Å². The Morgan fingerprint density at radius 2 is 1.68 bits per heavy atom. The molecule has 3 saturated carbocycles. The van der Waals surface area contributed by atoms with E-state index in [0.717, 1.165) is 38.5 Å². The molecule has 9 heteroatoms. The number of sulfonamides is 1. The van der Waals surface area contributed by atoms with Crippen LogP contribution in [0.3, 0.4) is 0 Å². The van der Waals surface area contributed by atoms with Crippen LogP contribution in [-0.4, -0.2) is 66.3 Å². The van der Waals surface area contributed by atoms with Crippen molar-refractivity contribution in [3.05, 3.63) is 0 Å². The van der Waals surface area contributed by atoms with Crippen molar-refractivity contribution in [1.82, 2.24) is 9.62 Å². The molecular formula is C25H42ClFN2O4S. The van der Waals surface area contributed by atoms with Gasteiger partial charge in [0.05, 0.1) is 23.5 Å². The molecule has 1 N–H and O–H groups in total. The van der Waals surface area contributed by atoms with Crippen molar-refractivity contribution in [1.29, 1.82) is 0 Å². The molecule has 0 aromatic rings. The molecule has 0 aromatic carbocycles. The quantitative estimate of drug-likeness (QED) is 0.540. The maximum Gasteiger partial charge on any atom is 0.226 e. The fourth-order valence-electron chi connectivity index (χ4n) is 6.58. The maximum absolute atomic E-state index is 13.7. The largest absolute Gasteiger partial charge is 0.372 e. The Bertz CT molecular complexity index is 825. The smallest absolute Gasteiger partial charge is 0.226 e. The highest BCUT2D eigenvalue weighted by Gasteiger charge is 2.48. The van der Waals surface area contributed by atoms with Crippen molar-refractivity contribution in [2.45, 2.75) is 132 Å². The number of morpholine rings is 1. The van der Waals surface area contributed by atoms with Crippen LogP contribution >= 0.6 is 11.6 Å². The van der Waals surface area contributed by atoms with E-state index >= 15 is 0 Å². The second-order valence-corrected chi connectivity index (χ2v) is 14.5. The molecule has 4 fully saturated rings. The number of fused-ring (bicyclic) bond motifs is 1. The fraction of sp³-hybridized carbons (Fsp3) is 0.960. The summed E-state index contributed by atoms with van der Waals surface area (Å²) in [7, 11) is -3.55. The van der Waals surface area contributed by atoms with Gasteiger partial charge in [-0.25, -0.2) is 12.8 Å². The van der Waals surface area contributed by atoms with E-state index < -0.39 is 26.9 Å². The number of hydrogen-bond acceptors (Lipinski definition) is 4. The molecule has 1 amide bonds. The first kappa shape index (κ1) is 26.6. The molecule has 3 aliphatic carbocycles. The Morgan fingerprint density at radius 1 is 1.03 bits per heavy atom. The summed E-state index contributed by atoms with van der Waals surface area (Å²) in [5, 5.41) is 2.97. The minimum Gasteiger partial charge on any atom is -0.372 e. The third-order valence-electron chi connectivity index (χ3n) is 8.92. The van der Waals surface area contributed by atoms with Gasteiger partial charge in [-0.1, -0.05) is 13.8 Å².